The molecule has 0 spiro atoms. The van der Waals surface area contributed by atoms with Crippen LogP contribution in [0.15, 0.2) is 23.5 Å². The van der Waals surface area contributed by atoms with Crippen LogP contribution in [0.1, 0.15) is 46.0 Å². The van der Waals surface area contributed by atoms with Crippen LogP contribution in [0, 0.1) is 11.3 Å². The molecule has 7 heteroatoms. The smallest absolute Gasteiger partial charge is 0.191 e. The zero-order chi connectivity index (χ0) is 18.0. The van der Waals surface area contributed by atoms with Crippen LogP contribution in [0.3, 0.4) is 0 Å². The van der Waals surface area contributed by atoms with E-state index in [0.29, 0.717) is 11.3 Å². The monoisotopic (exact) mass is 477 g/mol. The number of methoxy groups -OCH3 is 1. The molecule has 0 bridgehead atoms. The highest BCUT2D eigenvalue weighted by Crippen LogP contribution is 2.41. The van der Waals surface area contributed by atoms with Crippen molar-refractivity contribution in [3.05, 3.63) is 18.5 Å². The first-order chi connectivity index (χ1) is 12.2. The van der Waals surface area contributed by atoms with E-state index in [1.54, 1.807) is 7.11 Å². The highest BCUT2D eigenvalue weighted by molar-refractivity contribution is 14.0. The normalized spacial score (nSPS) is 17.6. The molecule has 6 nitrogen and oxygen atoms in total. The first kappa shape index (κ1) is 23.2. The van der Waals surface area contributed by atoms with Gasteiger partial charge in [0.05, 0.1) is 0 Å². The van der Waals surface area contributed by atoms with E-state index in [1.807, 2.05) is 23.1 Å². The molecule has 26 heavy (non-hydrogen) atoms. The van der Waals surface area contributed by atoms with Gasteiger partial charge >= 0.3 is 0 Å². The summed E-state index contributed by atoms with van der Waals surface area (Å²) in [5, 5.41) is 11.2. The van der Waals surface area contributed by atoms with Gasteiger partial charge in [0.1, 0.15) is 0 Å². The topological polar surface area (TPSA) is 63.5 Å². The van der Waals surface area contributed by atoms with E-state index in [1.165, 1.54) is 25.7 Å². The molecule has 1 unspecified atom stereocenters. The lowest BCUT2D eigenvalue weighted by Crippen LogP contribution is -2.41. The summed E-state index contributed by atoms with van der Waals surface area (Å²) in [7, 11) is 1.79. The number of nitrogens with zero attached hydrogens (tertiary/aromatic N) is 3. The molecule has 0 aliphatic heterocycles. The molecule has 0 aromatic carbocycles. The second-order valence-electron chi connectivity index (χ2n) is 7.36. The van der Waals surface area contributed by atoms with E-state index in [4.69, 9.17) is 9.73 Å². The Hall–Kier alpha value is -0.830. The molecule has 0 saturated heterocycles. The van der Waals surface area contributed by atoms with E-state index >= 15 is 0 Å². The minimum atomic E-state index is 0. The molecule has 1 fully saturated rings. The lowest BCUT2D eigenvalue weighted by molar-refractivity contribution is 0.141. The molecule has 1 aromatic rings. The number of ether oxygens (including phenoxy) is 1. The summed E-state index contributed by atoms with van der Waals surface area (Å²) < 4.78 is 7.30. The van der Waals surface area contributed by atoms with Crippen molar-refractivity contribution in [2.45, 2.75) is 52.5 Å². The summed E-state index contributed by atoms with van der Waals surface area (Å²) in [5.41, 5.74) is 0.332. The molecular weight excluding hydrogens is 441 g/mol. The van der Waals surface area contributed by atoms with Crippen LogP contribution in [-0.4, -0.2) is 49.1 Å². The van der Waals surface area contributed by atoms with E-state index < -0.39 is 0 Å². The molecular formula is C19H36IN5O. The first-order valence-corrected chi connectivity index (χ1v) is 9.66. The van der Waals surface area contributed by atoms with Gasteiger partial charge in [-0.3, -0.25) is 9.67 Å². The first-order valence-electron chi connectivity index (χ1n) is 9.66. The van der Waals surface area contributed by atoms with Gasteiger partial charge in [-0.05, 0) is 43.6 Å². The molecule has 1 aliphatic carbocycles. The van der Waals surface area contributed by atoms with Crippen molar-refractivity contribution in [2.75, 3.05) is 33.4 Å². The summed E-state index contributed by atoms with van der Waals surface area (Å²) >= 11 is 0. The Kier molecular flexibility index (Phi) is 11.2. The second kappa shape index (κ2) is 12.5. The van der Waals surface area contributed by atoms with Gasteiger partial charge in [0.2, 0.25) is 0 Å². The summed E-state index contributed by atoms with van der Waals surface area (Å²) in [5.74, 6) is 1.41. The fourth-order valence-corrected chi connectivity index (χ4v) is 3.58. The maximum atomic E-state index is 5.32. The Balaban J connectivity index is 0.00000338. The highest BCUT2D eigenvalue weighted by atomic mass is 127. The van der Waals surface area contributed by atoms with Gasteiger partial charge in [0, 0.05) is 52.3 Å². The molecule has 1 aromatic heterocycles. The number of aliphatic imine (C=N–C) groups is 1. The van der Waals surface area contributed by atoms with Crippen molar-refractivity contribution in [3.8, 4) is 0 Å². The highest BCUT2D eigenvalue weighted by Gasteiger charge is 2.33. The van der Waals surface area contributed by atoms with Crippen molar-refractivity contribution in [3.63, 3.8) is 0 Å². The largest absolute Gasteiger partial charge is 0.385 e. The Morgan fingerprint density at radius 1 is 1.35 bits per heavy atom. The molecule has 150 valence electrons. The third-order valence-corrected chi connectivity index (χ3v) is 5.09. The number of hydrogen-bond donors (Lipinski definition) is 2. The van der Waals surface area contributed by atoms with Crippen molar-refractivity contribution < 1.29 is 4.74 Å². The molecule has 0 radical (unpaired) electrons. The summed E-state index contributed by atoms with van der Waals surface area (Å²) in [6.45, 7) is 8.74. The molecule has 0 amide bonds. The van der Waals surface area contributed by atoms with Gasteiger partial charge in [0.15, 0.2) is 5.96 Å². The van der Waals surface area contributed by atoms with Crippen LogP contribution >= 0.6 is 24.0 Å². The number of halogens is 1. The third-order valence-electron chi connectivity index (χ3n) is 5.09. The van der Waals surface area contributed by atoms with E-state index in [9.17, 15) is 0 Å². The van der Waals surface area contributed by atoms with Crippen molar-refractivity contribution in [1.82, 2.24) is 20.4 Å². The summed E-state index contributed by atoms with van der Waals surface area (Å²) in [6.07, 6.45) is 10.1. The zero-order valence-electron chi connectivity index (χ0n) is 16.5. The van der Waals surface area contributed by atoms with Gasteiger partial charge in [-0.15, -0.1) is 24.0 Å². The zero-order valence-corrected chi connectivity index (χ0v) is 18.9. The van der Waals surface area contributed by atoms with Gasteiger partial charge < -0.3 is 15.4 Å². The maximum Gasteiger partial charge on any atom is 0.191 e. The predicted octanol–water partition coefficient (Wildman–Crippen LogP) is 3.29. The fraction of sp³-hybridized carbons (Fsp3) is 0.789. The van der Waals surface area contributed by atoms with Gasteiger partial charge in [-0.2, -0.15) is 5.10 Å². The van der Waals surface area contributed by atoms with Crippen molar-refractivity contribution >= 4 is 29.9 Å². The molecule has 2 N–H and O–H groups in total. The average molecular weight is 477 g/mol. The lowest BCUT2D eigenvalue weighted by Gasteiger charge is -2.27. The number of nitrogens with one attached hydrogen (secondary N) is 2. The summed E-state index contributed by atoms with van der Waals surface area (Å²) in [6, 6.07) is 1.97. The minimum Gasteiger partial charge on any atom is -0.385 e. The number of rotatable bonds is 10. The number of hydrogen-bond acceptors (Lipinski definition) is 3. The lowest BCUT2D eigenvalue weighted by atomic mass is 9.83. The molecule has 1 aliphatic rings. The van der Waals surface area contributed by atoms with Crippen LogP contribution < -0.4 is 10.6 Å². The Morgan fingerprint density at radius 2 is 2.12 bits per heavy atom. The SMILES string of the molecule is CCNC(=NCC1(CCOC)CCCC1)NCC(C)Cn1cccn1.I. The van der Waals surface area contributed by atoms with E-state index in [2.05, 4.69) is 29.6 Å². The standard InChI is InChI=1S/C19H35N5O.HI/c1-4-20-18(21-14-17(2)15-24-12-7-11-23-24)22-16-19(10-13-25-3)8-5-6-9-19;/h7,11-12,17H,4-6,8-10,13-16H2,1-3H3,(H2,20,21,22);1H. The van der Waals surface area contributed by atoms with Crippen molar-refractivity contribution in [2.24, 2.45) is 16.3 Å². The number of aromatic nitrogens is 2. The molecule has 1 heterocycles. The second-order valence-corrected chi connectivity index (χ2v) is 7.36. The Morgan fingerprint density at radius 3 is 2.73 bits per heavy atom. The number of guanidine groups is 1. The predicted molar refractivity (Wildman–Crippen MR) is 118 cm³/mol. The van der Waals surface area contributed by atoms with Crippen LogP contribution in [0.2, 0.25) is 0 Å². The quantitative estimate of drug-likeness (QED) is 0.309. The van der Waals surface area contributed by atoms with E-state index in [0.717, 1.165) is 45.2 Å². The Bertz CT molecular complexity index is 500. The fourth-order valence-electron chi connectivity index (χ4n) is 3.58. The maximum absolute atomic E-state index is 5.32. The molecule has 1 atom stereocenters. The average Bonchev–Trinajstić information content (AvgIpc) is 3.28. The van der Waals surface area contributed by atoms with E-state index in [-0.39, 0.29) is 24.0 Å². The van der Waals surface area contributed by atoms with Crippen LogP contribution in [-0.2, 0) is 11.3 Å². The third kappa shape index (κ3) is 7.82. The minimum absolute atomic E-state index is 0. The van der Waals surface area contributed by atoms with Crippen molar-refractivity contribution in [1.29, 1.82) is 0 Å². The van der Waals surface area contributed by atoms with Crippen LogP contribution in [0.5, 0.6) is 0 Å². The van der Waals surface area contributed by atoms with Crippen LogP contribution in [0.25, 0.3) is 0 Å². The molecule has 2 rings (SSSR count). The Labute approximate surface area is 175 Å². The van der Waals surface area contributed by atoms with Gasteiger partial charge in [-0.1, -0.05) is 19.8 Å². The van der Waals surface area contributed by atoms with Gasteiger partial charge in [-0.25, -0.2) is 0 Å². The van der Waals surface area contributed by atoms with Crippen LogP contribution in [0.4, 0.5) is 0 Å². The summed E-state index contributed by atoms with van der Waals surface area (Å²) in [4.78, 5) is 4.91. The molecule has 1 saturated carbocycles. The van der Waals surface area contributed by atoms with Gasteiger partial charge in [0.25, 0.3) is 0 Å².